The third-order valence-electron chi connectivity index (χ3n) is 6.29. The van der Waals surface area contributed by atoms with Gasteiger partial charge >= 0.3 is 5.97 Å². The number of carbonyl (C=O) groups is 2. The van der Waals surface area contributed by atoms with Crippen molar-refractivity contribution in [1.29, 1.82) is 0 Å². The van der Waals surface area contributed by atoms with Gasteiger partial charge < -0.3 is 19.3 Å². The number of nitrogens with zero attached hydrogens (tertiary/aromatic N) is 2. The van der Waals surface area contributed by atoms with Crippen LogP contribution in [0.15, 0.2) is 16.5 Å². The van der Waals surface area contributed by atoms with Crippen molar-refractivity contribution in [1.82, 2.24) is 9.80 Å². The van der Waals surface area contributed by atoms with Gasteiger partial charge in [-0.3, -0.25) is 9.59 Å². The number of aliphatic carboxylic acids is 1. The van der Waals surface area contributed by atoms with Crippen LogP contribution < -0.4 is 0 Å². The number of carbonyl (C=O) groups excluding carboxylic acids is 1. The van der Waals surface area contributed by atoms with Gasteiger partial charge in [0.2, 0.25) is 0 Å². The van der Waals surface area contributed by atoms with E-state index in [1.54, 1.807) is 22.7 Å². The Morgan fingerprint density at radius 3 is 2.73 bits per heavy atom. The normalized spacial score (nSPS) is 29.0. The van der Waals surface area contributed by atoms with Gasteiger partial charge in [0.25, 0.3) is 5.91 Å². The van der Waals surface area contributed by atoms with Crippen LogP contribution in [-0.2, 0) is 10.5 Å². The largest absolute Gasteiger partial charge is 0.481 e. The van der Waals surface area contributed by atoms with Crippen LogP contribution in [0, 0.1) is 17.3 Å². The monoisotopic (exact) mass is 378 g/mol. The van der Waals surface area contributed by atoms with E-state index in [0.29, 0.717) is 18.8 Å². The summed E-state index contributed by atoms with van der Waals surface area (Å²) in [6.07, 6.45) is 5.82. The predicted molar refractivity (Wildman–Crippen MR) is 99.2 cm³/mol. The Hall–Kier alpha value is -1.47. The first-order valence-electron chi connectivity index (χ1n) is 9.34. The highest BCUT2D eigenvalue weighted by atomic mass is 32.2. The number of carboxylic acids is 1. The Morgan fingerprint density at radius 1 is 1.31 bits per heavy atom. The minimum Gasteiger partial charge on any atom is -0.481 e. The van der Waals surface area contributed by atoms with Crippen LogP contribution in [0.2, 0.25) is 0 Å². The number of hydrogen-bond donors (Lipinski definition) is 1. The molecule has 142 valence electrons. The molecule has 0 aromatic carbocycles. The number of carboxylic acid groups (broad SMARTS) is 1. The molecule has 3 heterocycles. The van der Waals surface area contributed by atoms with Crippen LogP contribution >= 0.6 is 11.8 Å². The lowest BCUT2D eigenvalue weighted by molar-refractivity contribution is -0.148. The molecule has 1 aromatic rings. The first-order valence-corrected chi connectivity index (χ1v) is 10.7. The van der Waals surface area contributed by atoms with Gasteiger partial charge in [-0.15, -0.1) is 0 Å². The van der Waals surface area contributed by atoms with Crippen molar-refractivity contribution in [3.8, 4) is 0 Å². The third kappa shape index (κ3) is 3.05. The maximum atomic E-state index is 12.8. The molecule has 0 bridgehead atoms. The number of furan rings is 1. The highest BCUT2D eigenvalue weighted by molar-refractivity contribution is 7.97. The molecular formula is C19H26N2O4S. The van der Waals surface area contributed by atoms with Crippen molar-refractivity contribution in [3.63, 3.8) is 0 Å². The number of hydrogen-bond acceptors (Lipinski definition) is 5. The zero-order chi connectivity index (χ0) is 18.3. The van der Waals surface area contributed by atoms with E-state index in [2.05, 4.69) is 4.90 Å². The predicted octanol–water partition coefficient (Wildman–Crippen LogP) is 2.40. The molecule has 2 atom stereocenters. The van der Waals surface area contributed by atoms with E-state index in [0.717, 1.165) is 30.5 Å². The number of fused-ring (bicyclic) bond motifs is 1. The van der Waals surface area contributed by atoms with Crippen LogP contribution in [0.25, 0.3) is 0 Å². The minimum absolute atomic E-state index is 0.00431. The Balaban J connectivity index is 1.45. The summed E-state index contributed by atoms with van der Waals surface area (Å²) in [5.41, 5.74) is -0.825. The molecule has 1 saturated carbocycles. The average Bonchev–Trinajstić information content (AvgIpc) is 3.23. The lowest BCUT2D eigenvalue weighted by Gasteiger charge is -2.31. The lowest BCUT2D eigenvalue weighted by Crippen LogP contribution is -2.43. The van der Waals surface area contributed by atoms with E-state index in [-0.39, 0.29) is 18.4 Å². The second-order valence-corrected chi connectivity index (χ2v) is 8.90. The molecule has 3 fully saturated rings. The Kier molecular flexibility index (Phi) is 4.77. The Labute approximate surface area is 157 Å². The summed E-state index contributed by atoms with van der Waals surface area (Å²) in [5.74, 6) is 1.61. The van der Waals surface area contributed by atoms with Crippen LogP contribution in [0.4, 0.5) is 0 Å². The molecule has 1 aromatic heterocycles. The molecule has 1 aliphatic carbocycles. The smallest absolute Gasteiger partial charge is 0.313 e. The first-order chi connectivity index (χ1) is 12.5. The lowest BCUT2D eigenvalue weighted by atomic mass is 9.81. The van der Waals surface area contributed by atoms with Crippen molar-refractivity contribution in [3.05, 3.63) is 23.7 Å². The van der Waals surface area contributed by atoms with Gasteiger partial charge in [-0.05, 0) is 37.1 Å². The maximum absolute atomic E-state index is 12.8. The average molecular weight is 378 g/mol. The maximum Gasteiger partial charge on any atom is 0.313 e. The molecule has 2 saturated heterocycles. The van der Waals surface area contributed by atoms with E-state index in [1.807, 2.05) is 12.3 Å². The van der Waals surface area contributed by atoms with Crippen LogP contribution in [0.1, 0.15) is 35.6 Å². The zero-order valence-corrected chi connectivity index (χ0v) is 16.0. The zero-order valence-electron chi connectivity index (χ0n) is 15.1. The first kappa shape index (κ1) is 17.9. The second-order valence-electron chi connectivity index (χ2n) is 8.03. The molecule has 2 aliphatic heterocycles. The third-order valence-corrected chi connectivity index (χ3v) is 6.87. The van der Waals surface area contributed by atoms with Crippen molar-refractivity contribution >= 4 is 23.6 Å². The Bertz CT molecular complexity index is 701. The van der Waals surface area contributed by atoms with Gasteiger partial charge in [0.15, 0.2) is 5.76 Å². The van der Waals surface area contributed by atoms with Gasteiger partial charge in [0, 0.05) is 38.6 Å². The fraction of sp³-hybridized carbons (Fsp3) is 0.684. The summed E-state index contributed by atoms with van der Waals surface area (Å²) < 4.78 is 5.64. The number of rotatable bonds is 6. The molecule has 0 radical (unpaired) electrons. The van der Waals surface area contributed by atoms with E-state index >= 15 is 0 Å². The number of likely N-dealkylation sites (tertiary alicyclic amines) is 2. The van der Waals surface area contributed by atoms with Gasteiger partial charge in [-0.25, -0.2) is 0 Å². The van der Waals surface area contributed by atoms with Crippen molar-refractivity contribution in [2.24, 2.45) is 17.3 Å². The van der Waals surface area contributed by atoms with E-state index in [1.165, 1.54) is 19.3 Å². The van der Waals surface area contributed by atoms with E-state index in [9.17, 15) is 14.7 Å². The summed E-state index contributed by atoms with van der Waals surface area (Å²) >= 11 is 1.64. The molecule has 3 aliphatic rings. The quantitative estimate of drug-likeness (QED) is 0.819. The van der Waals surface area contributed by atoms with Crippen LogP contribution in [-0.4, -0.2) is 65.8 Å². The molecule has 7 heteroatoms. The van der Waals surface area contributed by atoms with E-state index in [4.69, 9.17) is 4.42 Å². The minimum atomic E-state index is -0.825. The molecule has 0 unspecified atom stereocenters. The molecular weight excluding hydrogens is 352 g/mol. The highest BCUT2D eigenvalue weighted by Gasteiger charge is 2.58. The van der Waals surface area contributed by atoms with Gasteiger partial charge in [-0.2, -0.15) is 11.8 Å². The van der Waals surface area contributed by atoms with Gasteiger partial charge in [0.05, 0.1) is 5.75 Å². The van der Waals surface area contributed by atoms with Crippen molar-refractivity contribution in [2.45, 2.75) is 25.0 Å². The number of thioether (sulfide) groups is 1. The summed E-state index contributed by atoms with van der Waals surface area (Å²) in [7, 11) is 0. The van der Waals surface area contributed by atoms with Crippen LogP contribution in [0.3, 0.4) is 0 Å². The number of amides is 1. The summed E-state index contributed by atoms with van der Waals surface area (Å²) in [6, 6.07) is 3.53. The molecule has 1 N–H and O–H groups in total. The standard InChI is InChI=1S/C19H26N2O4S/c1-26-10-15-5-6-16(25-15)17(22)21-9-14-8-20(7-13-3-2-4-13)11-19(14,12-21)18(23)24/h5-6,13-14H,2-4,7-12H2,1H3,(H,23,24)/t14-,19-/m1/s1. The summed E-state index contributed by atoms with van der Waals surface area (Å²) in [6.45, 7) is 3.14. The van der Waals surface area contributed by atoms with E-state index < -0.39 is 11.4 Å². The summed E-state index contributed by atoms with van der Waals surface area (Å²) in [5, 5.41) is 9.95. The highest BCUT2D eigenvalue weighted by Crippen LogP contribution is 2.44. The molecule has 6 nitrogen and oxygen atoms in total. The molecule has 26 heavy (non-hydrogen) atoms. The fourth-order valence-corrected chi connectivity index (χ4v) is 5.11. The molecule has 0 spiro atoms. The fourth-order valence-electron chi connectivity index (χ4n) is 4.67. The summed E-state index contributed by atoms with van der Waals surface area (Å²) in [4.78, 5) is 28.9. The topological polar surface area (TPSA) is 74.0 Å². The van der Waals surface area contributed by atoms with Gasteiger partial charge in [-0.1, -0.05) is 6.42 Å². The van der Waals surface area contributed by atoms with Crippen LogP contribution in [0.5, 0.6) is 0 Å². The SMILES string of the molecule is CSCc1ccc(C(=O)N2C[C@H]3CN(CC4CCC4)C[C@@]3(C(=O)O)C2)o1. The molecule has 1 amide bonds. The van der Waals surface area contributed by atoms with Gasteiger partial charge in [0.1, 0.15) is 11.2 Å². The van der Waals surface area contributed by atoms with Crippen molar-refractivity contribution < 1.29 is 19.1 Å². The van der Waals surface area contributed by atoms with Crippen molar-refractivity contribution in [2.75, 3.05) is 39.0 Å². The Morgan fingerprint density at radius 2 is 2.12 bits per heavy atom. The second kappa shape index (κ2) is 6.93. The molecule has 4 rings (SSSR count).